The second kappa shape index (κ2) is 9.23. The Bertz CT molecular complexity index is 1380. The van der Waals surface area contributed by atoms with E-state index in [1.807, 2.05) is 43.3 Å². The van der Waals surface area contributed by atoms with Crippen molar-refractivity contribution < 1.29 is 9.53 Å². The number of rotatable bonds is 7. The second-order valence-corrected chi connectivity index (χ2v) is 7.28. The number of para-hydroxylation sites is 2. The van der Waals surface area contributed by atoms with Gasteiger partial charge in [-0.25, -0.2) is 4.79 Å². The van der Waals surface area contributed by atoms with E-state index in [0.29, 0.717) is 30.2 Å². The molecule has 3 aromatic carbocycles. The van der Waals surface area contributed by atoms with Gasteiger partial charge in [-0.15, -0.1) is 0 Å². The largest absolute Gasteiger partial charge is 0.489 e. The average molecular weight is 426 g/mol. The van der Waals surface area contributed by atoms with E-state index in [1.165, 1.54) is 4.57 Å². The summed E-state index contributed by atoms with van der Waals surface area (Å²) in [4.78, 5) is 25.4. The van der Waals surface area contributed by atoms with E-state index in [-0.39, 0.29) is 18.1 Å². The van der Waals surface area contributed by atoms with Crippen molar-refractivity contribution in [3.8, 4) is 11.8 Å². The van der Waals surface area contributed by atoms with Crippen LogP contribution in [0.4, 0.5) is 5.69 Å². The minimum absolute atomic E-state index is 0.0849. The summed E-state index contributed by atoms with van der Waals surface area (Å²) >= 11 is 0. The average Bonchev–Trinajstić information content (AvgIpc) is 3.08. The van der Waals surface area contributed by atoms with Crippen LogP contribution in [0.5, 0.6) is 5.75 Å². The molecule has 0 spiro atoms. The van der Waals surface area contributed by atoms with Gasteiger partial charge in [-0.3, -0.25) is 13.9 Å². The SMILES string of the molecule is CCn1c(=O)n(CC(=O)Nc2cccc(OCc3cccc(C#N)c3)c2)c2ccccc21. The Kier molecular flexibility index (Phi) is 6.04. The summed E-state index contributed by atoms with van der Waals surface area (Å²) in [5.74, 6) is 0.287. The number of aryl methyl sites for hydroxylation is 1. The normalized spacial score (nSPS) is 10.6. The second-order valence-electron chi connectivity index (χ2n) is 7.28. The fraction of sp³-hybridized carbons (Fsp3) is 0.160. The number of nitrogens with one attached hydrogen (secondary N) is 1. The molecule has 0 saturated heterocycles. The number of amides is 1. The Morgan fingerprint density at radius 3 is 2.50 bits per heavy atom. The molecule has 0 aliphatic carbocycles. The highest BCUT2D eigenvalue weighted by Gasteiger charge is 2.14. The fourth-order valence-corrected chi connectivity index (χ4v) is 3.64. The van der Waals surface area contributed by atoms with Gasteiger partial charge < -0.3 is 10.1 Å². The lowest BCUT2D eigenvalue weighted by atomic mass is 10.1. The van der Waals surface area contributed by atoms with E-state index in [4.69, 9.17) is 10.00 Å². The molecule has 0 saturated carbocycles. The molecular weight excluding hydrogens is 404 g/mol. The molecule has 7 heteroatoms. The third-order valence-corrected chi connectivity index (χ3v) is 5.12. The van der Waals surface area contributed by atoms with Crippen molar-refractivity contribution >= 4 is 22.6 Å². The van der Waals surface area contributed by atoms with Gasteiger partial charge in [-0.2, -0.15) is 5.26 Å². The molecule has 1 aromatic heterocycles. The van der Waals surface area contributed by atoms with E-state index in [2.05, 4.69) is 11.4 Å². The first kappa shape index (κ1) is 20.9. The molecule has 7 nitrogen and oxygen atoms in total. The third kappa shape index (κ3) is 4.40. The number of ether oxygens (including phenoxy) is 1. The van der Waals surface area contributed by atoms with Crippen LogP contribution in [0, 0.1) is 11.3 Å². The van der Waals surface area contributed by atoms with E-state index in [9.17, 15) is 9.59 Å². The number of carbonyl (C=O) groups is 1. The van der Waals surface area contributed by atoms with Crippen molar-refractivity contribution in [2.75, 3.05) is 5.32 Å². The lowest BCUT2D eigenvalue weighted by Crippen LogP contribution is -2.29. The number of nitrogens with zero attached hydrogens (tertiary/aromatic N) is 3. The molecule has 1 amide bonds. The number of carbonyl (C=O) groups excluding carboxylic acids is 1. The van der Waals surface area contributed by atoms with E-state index in [1.54, 1.807) is 41.0 Å². The molecule has 4 aromatic rings. The molecular formula is C25H22N4O3. The van der Waals surface area contributed by atoms with Gasteiger partial charge in [0.1, 0.15) is 18.9 Å². The Balaban J connectivity index is 1.46. The first-order chi connectivity index (χ1) is 15.6. The Labute approximate surface area is 185 Å². The first-order valence-electron chi connectivity index (χ1n) is 10.3. The van der Waals surface area contributed by atoms with Gasteiger partial charge in [0.25, 0.3) is 0 Å². The van der Waals surface area contributed by atoms with Crippen molar-refractivity contribution in [3.63, 3.8) is 0 Å². The van der Waals surface area contributed by atoms with Gasteiger partial charge in [-0.1, -0.05) is 30.3 Å². The highest BCUT2D eigenvalue weighted by Crippen LogP contribution is 2.19. The van der Waals surface area contributed by atoms with Crippen molar-refractivity contribution in [1.82, 2.24) is 9.13 Å². The van der Waals surface area contributed by atoms with E-state index >= 15 is 0 Å². The topological polar surface area (TPSA) is 89.1 Å². The van der Waals surface area contributed by atoms with E-state index in [0.717, 1.165) is 16.6 Å². The van der Waals surface area contributed by atoms with Crippen molar-refractivity contribution in [2.24, 2.45) is 0 Å². The number of aromatic nitrogens is 2. The summed E-state index contributed by atoms with van der Waals surface area (Å²) < 4.78 is 8.94. The summed E-state index contributed by atoms with van der Waals surface area (Å²) in [5.41, 5.74) is 3.36. The molecule has 0 aliphatic heterocycles. The molecule has 0 radical (unpaired) electrons. The lowest BCUT2D eigenvalue weighted by Gasteiger charge is -2.10. The zero-order valence-corrected chi connectivity index (χ0v) is 17.6. The van der Waals surface area contributed by atoms with Gasteiger partial charge in [0.2, 0.25) is 5.91 Å². The zero-order valence-electron chi connectivity index (χ0n) is 17.6. The Morgan fingerprint density at radius 2 is 1.75 bits per heavy atom. The summed E-state index contributed by atoms with van der Waals surface area (Å²) in [6.45, 7) is 2.65. The van der Waals surface area contributed by atoms with Gasteiger partial charge in [0, 0.05) is 18.3 Å². The van der Waals surface area contributed by atoms with Crippen LogP contribution in [0.15, 0.2) is 77.6 Å². The van der Waals surface area contributed by atoms with Gasteiger partial charge in [0.05, 0.1) is 22.7 Å². The molecule has 0 unspecified atom stereocenters. The molecule has 32 heavy (non-hydrogen) atoms. The van der Waals surface area contributed by atoms with Crippen LogP contribution in [0.2, 0.25) is 0 Å². The minimum Gasteiger partial charge on any atom is -0.489 e. The standard InChI is InChI=1S/C25H22N4O3/c1-2-28-22-11-3-4-12-23(22)29(25(28)31)16-24(30)27-20-9-6-10-21(14-20)32-17-19-8-5-7-18(13-19)15-26/h3-14H,2,16-17H2,1H3,(H,27,30). The zero-order chi connectivity index (χ0) is 22.5. The molecule has 1 heterocycles. The maximum atomic E-state index is 12.7. The highest BCUT2D eigenvalue weighted by atomic mass is 16.5. The van der Waals surface area contributed by atoms with Gasteiger partial charge in [-0.05, 0) is 48.9 Å². The van der Waals surface area contributed by atoms with Gasteiger partial charge >= 0.3 is 5.69 Å². The molecule has 0 bridgehead atoms. The number of anilines is 1. The Hall–Kier alpha value is -4.31. The number of hydrogen-bond donors (Lipinski definition) is 1. The van der Waals surface area contributed by atoms with Crippen molar-refractivity contribution in [3.05, 3.63) is 94.4 Å². The monoisotopic (exact) mass is 426 g/mol. The predicted molar refractivity (Wildman–Crippen MR) is 122 cm³/mol. The van der Waals surface area contributed by atoms with Crippen molar-refractivity contribution in [1.29, 1.82) is 5.26 Å². The lowest BCUT2D eigenvalue weighted by molar-refractivity contribution is -0.116. The maximum absolute atomic E-state index is 12.7. The number of imidazole rings is 1. The number of hydrogen-bond acceptors (Lipinski definition) is 4. The molecule has 1 N–H and O–H groups in total. The fourth-order valence-electron chi connectivity index (χ4n) is 3.64. The summed E-state index contributed by atoms with van der Waals surface area (Å²) in [7, 11) is 0. The van der Waals surface area contributed by atoms with Crippen LogP contribution in [-0.2, 0) is 24.5 Å². The van der Waals surface area contributed by atoms with Crippen LogP contribution >= 0.6 is 0 Å². The van der Waals surface area contributed by atoms with Crippen LogP contribution < -0.4 is 15.7 Å². The number of nitriles is 1. The number of fused-ring (bicyclic) bond motifs is 1. The van der Waals surface area contributed by atoms with E-state index < -0.39 is 0 Å². The highest BCUT2D eigenvalue weighted by molar-refractivity contribution is 5.91. The smallest absolute Gasteiger partial charge is 0.329 e. The summed E-state index contributed by atoms with van der Waals surface area (Å²) in [6, 6.07) is 23.8. The minimum atomic E-state index is -0.301. The first-order valence-corrected chi connectivity index (χ1v) is 10.3. The molecule has 4 rings (SSSR count). The van der Waals surface area contributed by atoms with Crippen LogP contribution in [0.1, 0.15) is 18.1 Å². The van der Waals surface area contributed by atoms with Gasteiger partial charge in [0.15, 0.2) is 0 Å². The summed E-state index contributed by atoms with van der Waals surface area (Å²) in [5, 5.41) is 11.8. The molecule has 0 aliphatic rings. The molecule has 160 valence electrons. The summed E-state index contributed by atoms with van der Waals surface area (Å²) in [6.07, 6.45) is 0. The van der Waals surface area contributed by atoms with Crippen LogP contribution in [-0.4, -0.2) is 15.0 Å². The predicted octanol–water partition coefficient (Wildman–Crippen LogP) is 3.91. The molecule has 0 fully saturated rings. The van der Waals surface area contributed by atoms with Crippen LogP contribution in [0.25, 0.3) is 11.0 Å². The quantitative estimate of drug-likeness (QED) is 0.485. The van der Waals surface area contributed by atoms with Crippen LogP contribution in [0.3, 0.4) is 0 Å². The third-order valence-electron chi connectivity index (χ3n) is 5.12. The number of benzene rings is 3. The van der Waals surface area contributed by atoms with Crippen molar-refractivity contribution in [2.45, 2.75) is 26.6 Å². The maximum Gasteiger partial charge on any atom is 0.329 e. The molecule has 0 atom stereocenters. The Morgan fingerprint density at radius 1 is 1.00 bits per heavy atom.